The lowest BCUT2D eigenvalue weighted by Crippen LogP contribution is -2.48. The van der Waals surface area contributed by atoms with Crippen LogP contribution in [0.5, 0.6) is 0 Å². The summed E-state index contributed by atoms with van der Waals surface area (Å²) >= 11 is 0. The molecule has 1 heterocycles. The molecule has 5 heteroatoms. The van der Waals surface area contributed by atoms with E-state index in [1.165, 1.54) is 12.0 Å². The molecule has 148 valence electrons. The summed E-state index contributed by atoms with van der Waals surface area (Å²) in [6, 6.07) is 10.9. The van der Waals surface area contributed by atoms with Crippen LogP contribution < -0.4 is 10.6 Å². The molecule has 2 N–H and O–H groups in total. The van der Waals surface area contributed by atoms with E-state index in [0.717, 1.165) is 44.9 Å². The van der Waals surface area contributed by atoms with Crippen molar-refractivity contribution < 1.29 is 4.79 Å². The van der Waals surface area contributed by atoms with E-state index >= 15 is 0 Å². The molecule has 1 saturated heterocycles. The van der Waals surface area contributed by atoms with Crippen LogP contribution in [0.1, 0.15) is 51.0 Å². The zero-order chi connectivity index (χ0) is 19.1. The van der Waals surface area contributed by atoms with E-state index < -0.39 is 0 Å². The van der Waals surface area contributed by atoms with Crippen LogP contribution in [-0.2, 0) is 4.79 Å². The molecule has 2 aliphatic rings. The Morgan fingerprint density at radius 3 is 2.59 bits per heavy atom. The number of hydrogen-bond acceptors (Lipinski definition) is 2. The van der Waals surface area contributed by atoms with Gasteiger partial charge in [-0.2, -0.15) is 0 Å². The maximum absolute atomic E-state index is 11.7. The minimum Gasteiger partial charge on any atom is -0.357 e. The first-order valence-electron chi connectivity index (χ1n) is 10.6. The number of guanidine groups is 1. The summed E-state index contributed by atoms with van der Waals surface area (Å²) in [5, 5.41) is 6.44. The van der Waals surface area contributed by atoms with Gasteiger partial charge in [0.15, 0.2) is 5.96 Å². The molecule has 2 fully saturated rings. The van der Waals surface area contributed by atoms with Crippen molar-refractivity contribution in [1.82, 2.24) is 15.5 Å². The van der Waals surface area contributed by atoms with E-state index in [1.807, 2.05) is 0 Å². The Hall–Kier alpha value is -2.04. The molecular weight excluding hydrogens is 336 g/mol. The zero-order valence-corrected chi connectivity index (χ0v) is 16.8. The average Bonchev–Trinajstić information content (AvgIpc) is 3.56. The lowest BCUT2D eigenvalue weighted by Gasteiger charge is -2.40. The van der Waals surface area contributed by atoms with E-state index in [1.54, 1.807) is 0 Å². The summed E-state index contributed by atoms with van der Waals surface area (Å²) in [5.74, 6) is 2.73. The van der Waals surface area contributed by atoms with Gasteiger partial charge in [-0.25, -0.2) is 0 Å². The fourth-order valence-corrected chi connectivity index (χ4v) is 4.03. The predicted octanol–water partition coefficient (Wildman–Crippen LogP) is 2.99. The number of hydrogen-bond donors (Lipinski definition) is 2. The van der Waals surface area contributed by atoms with Gasteiger partial charge in [0, 0.05) is 32.1 Å². The molecule has 1 aliphatic heterocycles. The number of likely N-dealkylation sites (tertiary alicyclic amines) is 1. The topological polar surface area (TPSA) is 56.7 Å². The molecule has 1 aromatic carbocycles. The summed E-state index contributed by atoms with van der Waals surface area (Å²) in [7, 11) is 0. The van der Waals surface area contributed by atoms with Crippen molar-refractivity contribution in [2.24, 2.45) is 16.8 Å². The van der Waals surface area contributed by atoms with Gasteiger partial charge in [0.2, 0.25) is 5.91 Å². The fourth-order valence-electron chi connectivity index (χ4n) is 4.03. The van der Waals surface area contributed by atoms with Crippen molar-refractivity contribution in [2.75, 3.05) is 32.7 Å². The van der Waals surface area contributed by atoms with E-state index in [0.29, 0.717) is 24.9 Å². The quantitative estimate of drug-likeness (QED) is 0.441. The van der Waals surface area contributed by atoms with Crippen LogP contribution in [0.15, 0.2) is 35.3 Å². The van der Waals surface area contributed by atoms with Crippen molar-refractivity contribution in [3.05, 3.63) is 35.9 Å². The van der Waals surface area contributed by atoms with Gasteiger partial charge >= 0.3 is 0 Å². The van der Waals surface area contributed by atoms with Gasteiger partial charge in [-0.3, -0.25) is 9.79 Å². The highest BCUT2D eigenvalue weighted by molar-refractivity contribution is 5.81. The number of carbonyl (C=O) groups excluding carboxylic acids is 1. The Bertz CT molecular complexity index is 626. The Labute approximate surface area is 163 Å². The smallest absolute Gasteiger partial charge is 0.223 e. The number of piperidine rings is 1. The Kier molecular flexibility index (Phi) is 7.13. The van der Waals surface area contributed by atoms with Gasteiger partial charge in [-0.1, -0.05) is 43.7 Å². The van der Waals surface area contributed by atoms with Crippen LogP contribution in [0.2, 0.25) is 0 Å². The number of aliphatic imine (C=N–C) groups is 1. The molecule has 3 rings (SSSR count). The summed E-state index contributed by atoms with van der Waals surface area (Å²) in [6.45, 7) is 8.59. The predicted molar refractivity (Wildman–Crippen MR) is 111 cm³/mol. The summed E-state index contributed by atoms with van der Waals surface area (Å²) in [4.78, 5) is 18.9. The van der Waals surface area contributed by atoms with Gasteiger partial charge in [0.1, 0.15) is 0 Å². The van der Waals surface area contributed by atoms with E-state index in [9.17, 15) is 4.79 Å². The van der Waals surface area contributed by atoms with E-state index in [-0.39, 0.29) is 11.8 Å². The second-order valence-electron chi connectivity index (χ2n) is 7.72. The lowest BCUT2D eigenvalue weighted by atomic mass is 9.79. The first kappa shape index (κ1) is 19.7. The standard InChI is InChI=1S/C22H34N4O/c1-3-17-16-26(15-12-20(17)18-8-6-5-7-9-18)22(23-4-2)25-14-13-24-21(27)19-10-11-19/h5-9,17,19-20H,3-4,10-16H2,1-2H3,(H,23,25)(H,24,27). The first-order valence-corrected chi connectivity index (χ1v) is 10.6. The van der Waals surface area contributed by atoms with Crippen molar-refractivity contribution >= 4 is 11.9 Å². The molecule has 0 aromatic heterocycles. The molecule has 2 atom stereocenters. The third-order valence-corrected chi connectivity index (χ3v) is 5.74. The van der Waals surface area contributed by atoms with E-state index in [2.05, 4.69) is 59.7 Å². The maximum atomic E-state index is 11.7. The Balaban J connectivity index is 1.56. The van der Waals surface area contributed by atoms with Crippen LogP contribution in [0, 0.1) is 11.8 Å². The Morgan fingerprint density at radius 2 is 1.93 bits per heavy atom. The molecule has 0 radical (unpaired) electrons. The number of carbonyl (C=O) groups is 1. The zero-order valence-electron chi connectivity index (χ0n) is 16.8. The molecule has 1 saturated carbocycles. The number of amides is 1. The van der Waals surface area contributed by atoms with Crippen LogP contribution in [-0.4, -0.2) is 49.5 Å². The third-order valence-electron chi connectivity index (χ3n) is 5.74. The molecule has 2 unspecified atom stereocenters. The van der Waals surface area contributed by atoms with Gasteiger partial charge in [0.25, 0.3) is 0 Å². The second-order valence-corrected chi connectivity index (χ2v) is 7.72. The maximum Gasteiger partial charge on any atom is 0.223 e. The van der Waals surface area contributed by atoms with Crippen LogP contribution in [0.4, 0.5) is 0 Å². The minimum atomic E-state index is 0.199. The average molecular weight is 371 g/mol. The van der Waals surface area contributed by atoms with Gasteiger partial charge in [0.05, 0.1) is 6.54 Å². The first-order chi connectivity index (χ1) is 13.2. The number of rotatable bonds is 7. The number of benzene rings is 1. The van der Waals surface area contributed by atoms with Crippen molar-refractivity contribution in [3.63, 3.8) is 0 Å². The molecule has 1 aromatic rings. The Morgan fingerprint density at radius 1 is 1.15 bits per heavy atom. The highest BCUT2D eigenvalue weighted by Crippen LogP contribution is 2.34. The monoisotopic (exact) mass is 370 g/mol. The van der Waals surface area contributed by atoms with Crippen LogP contribution in [0.3, 0.4) is 0 Å². The van der Waals surface area contributed by atoms with Crippen molar-refractivity contribution in [3.8, 4) is 0 Å². The highest BCUT2D eigenvalue weighted by Gasteiger charge is 2.31. The highest BCUT2D eigenvalue weighted by atomic mass is 16.2. The van der Waals surface area contributed by atoms with Crippen LogP contribution in [0.25, 0.3) is 0 Å². The SMILES string of the molecule is CCNC(=NCCNC(=O)C1CC1)N1CCC(c2ccccc2)C(CC)C1. The van der Waals surface area contributed by atoms with E-state index in [4.69, 9.17) is 4.99 Å². The van der Waals surface area contributed by atoms with Crippen molar-refractivity contribution in [1.29, 1.82) is 0 Å². The normalized spacial score (nSPS) is 23.2. The number of nitrogens with zero attached hydrogens (tertiary/aromatic N) is 2. The number of nitrogens with one attached hydrogen (secondary N) is 2. The molecule has 27 heavy (non-hydrogen) atoms. The molecular formula is C22H34N4O. The van der Waals surface area contributed by atoms with Gasteiger partial charge in [-0.05, 0) is 43.6 Å². The fraction of sp³-hybridized carbons (Fsp3) is 0.636. The van der Waals surface area contributed by atoms with Crippen LogP contribution >= 0.6 is 0 Å². The molecule has 5 nitrogen and oxygen atoms in total. The molecule has 1 amide bonds. The van der Waals surface area contributed by atoms with Gasteiger partial charge in [-0.15, -0.1) is 0 Å². The molecule has 0 bridgehead atoms. The minimum absolute atomic E-state index is 0.199. The second kappa shape index (κ2) is 9.77. The molecule has 1 aliphatic carbocycles. The van der Waals surface area contributed by atoms with Crippen molar-refractivity contribution in [2.45, 2.75) is 45.4 Å². The largest absolute Gasteiger partial charge is 0.357 e. The lowest BCUT2D eigenvalue weighted by molar-refractivity contribution is -0.122. The summed E-state index contributed by atoms with van der Waals surface area (Å²) < 4.78 is 0. The summed E-state index contributed by atoms with van der Waals surface area (Å²) in [5.41, 5.74) is 1.47. The third kappa shape index (κ3) is 5.47. The molecule has 0 spiro atoms. The van der Waals surface area contributed by atoms with Gasteiger partial charge < -0.3 is 15.5 Å². The summed E-state index contributed by atoms with van der Waals surface area (Å²) in [6.07, 6.45) is 4.43.